The van der Waals surface area contributed by atoms with Crippen LogP contribution >= 0.6 is 23.7 Å². The minimum absolute atomic E-state index is 0. The van der Waals surface area contributed by atoms with Gasteiger partial charge in [0.1, 0.15) is 0 Å². The first-order chi connectivity index (χ1) is 8.72. The highest BCUT2D eigenvalue weighted by Crippen LogP contribution is 2.32. The summed E-state index contributed by atoms with van der Waals surface area (Å²) < 4.78 is 5.06. The van der Waals surface area contributed by atoms with E-state index in [0.717, 1.165) is 31.8 Å². The van der Waals surface area contributed by atoms with Crippen LogP contribution < -0.4 is 5.73 Å². The van der Waals surface area contributed by atoms with Crippen molar-refractivity contribution in [2.24, 2.45) is 0 Å². The van der Waals surface area contributed by atoms with Crippen molar-refractivity contribution < 1.29 is 4.52 Å². The maximum absolute atomic E-state index is 5.65. The maximum Gasteiger partial charge on any atom is 0.223 e. The predicted molar refractivity (Wildman–Crippen MR) is 75.2 cm³/mol. The molecule has 104 valence electrons. The molecule has 2 aromatic heterocycles. The molecule has 0 aromatic carbocycles. The maximum atomic E-state index is 5.65. The summed E-state index contributed by atoms with van der Waals surface area (Å²) in [4.78, 5) is 12.0. The van der Waals surface area contributed by atoms with Crippen LogP contribution in [0.1, 0.15) is 35.5 Å². The number of hydrogen-bond donors (Lipinski definition) is 1. The molecule has 8 heteroatoms. The van der Waals surface area contributed by atoms with Gasteiger partial charge in [-0.05, 0) is 19.4 Å². The molecule has 19 heavy (non-hydrogen) atoms. The summed E-state index contributed by atoms with van der Waals surface area (Å²) in [5.41, 5.74) is 5.65. The molecule has 0 spiro atoms. The van der Waals surface area contributed by atoms with Crippen LogP contribution in [0.15, 0.2) is 10.7 Å². The number of thiazole rings is 1. The van der Waals surface area contributed by atoms with E-state index >= 15 is 0 Å². The second kappa shape index (κ2) is 5.85. The van der Waals surface area contributed by atoms with Crippen LogP contribution in [0.2, 0.25) is 0 Å². The van der Waals surface area contributed by atoms with Gasteiger partial charge < -0.3 is 10.3 Å². The number of nitrogen functional groups attached to an aromatic ring is 1. The molecule has 0 bridgehead atoms. The van der Waals surface area contributed by atoms with E-state index in [2.05, 4.69) is 20.0 Å². The largest absolute Gasteiger partial charge is 0.375 e. The Morgan fingerprint density at radius 1 is 1.58 bits per heavy atom. The lowest BCUT2D eigenvalue weighted by atomic mass is 10.2. The van der Waals surface area contributed by atoms with Crippen molar-refractivity contribution in [3.63, 3.8) is 0 Å². The second-order valence-corrected chi connectivity index (χ2v) is 5.61. The Kier molecular flexibility index (Phi) is 4.38. The fourth-order valence-electron chi connectivity index (χ4n) is 2.35. The molecule has 6 nitrogen and oxygen atoms in total. The van der Waals surface area contributed by atoms with Gasteiger partial charge in [0.15, 0.2) is 11.0 Å². The second-order valence-electron chi connectivity index (χ2n) is 4.46. The summed E-state index contributed by atoms with van der Waals surface area (Å²) in [6.07, 6.45) is 4.08. The minimum atomic E-state index is 0. The van der Waals surface area contributed by atoms with E-state index < -0.39 is 0 Å². The molecule has 1 aliphatic heterocycles. The number of halogens is 1. The van der Waals surface area contributed by atoms with Gasteiger partial charge in [-0.1, -0.05) is 5.16 Å². The highest BCUT2D eigenvalue weighted by atomic mass is 35.5. The van der Waals surface area contributed by atoms with Gasteiger partial charge in [0.2, 0.25) is 5.89 Å². The lowest BCUT2D eigenvalue weighted by molar-refractivity contribution is 0.236. The lowest BCUT2D eigenvalue weighted by Crippen LogP contribution is -2.23. The molecule has 0 aliphatic carbocycles. The van der Waals surface area contributed by atoms with E-state index in [1.807, 2.05) is 13.1 Å². The number of likely N-dealkylation sites (tertiary alicyclic amines) is 1. The van der Waals surface area contributed by atoms with Crippen LogP contribution in [-0.4, -0.2) is 26.6 Å². The topological polar surface area (TPSA) is 81.1 Å². The molecule has 2 N–H and O–H groups in total. The van der Waals surface area contributed by atoms with Crippen molar-refractivity contribution in [3.05, 3.63) is 22.8 Å². The molecule has 3 rings (SSSR count). The minimum Gasteiger partial charge on any atom is -0.375 e. The summed E-state index contributed by atoms with van der Waals surface area (Å²) in [5, 5.41) is 4.65. The zero-order valence-corrected chi connectivity index (χ0v) is 12.2. The van der Waals surface area contributed by atoms with Crippen LogP contribution in [0.25, 0.3) is 0 Å². The Balaban J connectivity index is 0.00000133. The smallest absolute Gasteiger partial charge is 0.223 e. The van der Waals surface area contributed by atoms with Crippen LogP contribution in [-0.2, 0) is 6.54 Å². The third-order valence-corrected chi connectivity index (χ3v) is 3.95. The molecular formula is C11H16ClN5OS. The lowest BCUT2D eigenvalue weighted by Gasteiger charge is -2.20. The van der Waals surface area contributed by atoms with E-state index in [1.54, 1.807) is 0 Å². The molecule has 0 saturated carbocycles. The zero-order chi connectivity index (χ0) is 12.5. The van der Waals surface area contributed by atoms with Crippen molar-refractivity contribution in [2.75, 3.05) is 12.3 Å². The first-order valence-corrected chi connectivity index (χ1v) is 6.78. The third kappa shape index (κ3) is 3.05. The van der Waals surface area contributed by atoms with Crippen molar-refractivity contribution >= 4 is 28.9 Å². The molecule has 1 unspecified atom stereocenters. The molecule has 0 amide bonds. The van der Waals surface area contributed by atoms with E-state index in [9.17, 15) is 0 Å². The first kappa shape index (κ1) is 14.2. The molecule has 1 atom stereocenters. The monoisotopic (exact) mass is 301 g/mol. The number of hydrogen-bond acceptors (Lipinski definition) is 7. The predicted octanol–water partition coefficient (Wildman–Crippen LogP) is 2.18. The Bertz CT molecular complexity index is 543. The van der Waals surface area contributed by atoms with Crippen molar-refractivity contribution in [1.29, 1.82) is 0 Å². The summed E-state index contributed by atoms with van der Waals surface area (Å²) in [5.74, 6) is 1.42. The number of aromatic nitrogens is 3. The van der Waals surface area contributed by atoms with Gasteiger partial charge in [-0.15, -0.1) is 23.7 Å². The van der Waals surface area contributed by atoms with Crippen LogP contribution in [0.5, 0.6) is 0 Å². The average molecular weight is 302 g/mol. The quantitative estimate of drug-likeness (QED) is 0.936. The van der Waals surface area contributed by atoms with E-state index in [0.29, 0.717) is 11.0 Å². The summed E-state index contributed by atoms with van der Waals surface area (Å²) >= 11 is 1.54. The van der Waals surface area contributed by atoms with E-state index in [-0.39, 0.29) is 18.4 Å². The fourth-order valence-corrected chi connectivity index (χ4v) is 3.06. The van der Waals surface area contributed by atoms with E-state index in [1.165, 1.54) is 16.2 Å². The Morgan fingerprint density at radius 3 is 3.05 bits per heavy atom. The molecule has 1 saturated heterocycles. The molecule has 0 radical (unpaired) electrons. The van der Waals surface area contributed by atoms with Crippen molar-refractivity contribution in [2.45, 2.75) is 32.4 Å². The van der Waals surface area contributed by atoms with Crippen LogP contribution in [0.3, 0.4) is 0 Å². The number of anilines is 1. The number of aryl methyl sites for hydroxylation is 1. The average Bonchev–Trinajstić information content (AvgIpc) is 3.01. The number of rotatable bonds is 3. The standard InChI is InChI=1S/C11H15N5OS.ClH/c1-7-14-10(15-17-7)9-3-2-4-16(9)6-8-5-13-11(12)18-8;/h5,9H,2-4,6H2,1H3,(H2,12,13);1H. The van der Waals surface area contributed by atoms with Crippen LogP contribution in [0, 0.1) is 6.92 Å². The fraction of sp³-hybridized carbons (Fsp3) is 0.545. The first-order valence-electron chi connectivity index (χ1n) is 5.97. The Morgan fingerprint density at radius 2 is 2.42 bits per heavy atom. The summed E-state index contributed by atoms with van der Waals surface area (Å²) in [6.45, 7) is 3.73. The molecule has 2 aromatic rings. The van der Waals surface area contributed by atoms with Gasteiger partial charge in [0, 0.05) is 24.5 Å². The summed E-state index contributed by atoms with van der Waals surface area (Å²) in [6, 6.07) is 0.255. The summed E-state index contributed by atoms with van der Waals surface area (Å²) in [7, 11) is 0. The van der Waals surface area contributed by atoms with Crippen molar-refractivity contribution in [3.8, 4) is 0 Å². The third-order valence-electron chi connectivity index (χ3n) is 3.14. The molecule has 3 heterocycles. The van der Waals surface area contributed by atoms with Gasteiger partial charge in [-0.3, -0.25) is 4.90 Å². The highest BCUT2D eigenvalue weighted by molar-refractivity contribution is 7.15. The van der Waals surface area contributed by atoms with E-state index in [4.69, 9.17) is 10.3 Å². The zero-order valence-electron chi connectivity index (χ0n) is 10.6. The van der Waals surface area contributed by atoms with Crippen LogP contribution in [0.4, 0.5) is 5.13 Å². The van der Waals surface area contributed by atoms with Gasteiger partial charge >= 0.3 is 0 Å². The normalized spacial score (nSPS) is 19.5. The Labute approximate surface area is 121 Å². The SMILES string of the molecule is Cc1nc(C2CCCN2Cc2cnc(N)s2)no1.Cl. The van der Waals surface area contributed by atoms with Gasteiger partial charge in [0.25, 0.3) is 0 Å². The Hall–Kier alpha value is -1.18. The molecule has 1 aliphatic rings. The molecular weight excluding hydrogens is 286 g/mol. The van der Waals surface area contributed by atoms with Gasteiger partial charge in [-0.25, -0.2) is 4.98 Å². The number of nitrogens with zero attached hydrogens (tertiary/aromatic N) is 4. The highest BCUT2D eigenvalue weighted by Gasteiger charge is 2.29. The number of nitrogens with two attached hydrogens (primary N) is 1. The van der Waals surface area contributed by atoms with Crippen molar-refractivity contribution in [1.82, 2.24) is 20.0 Å². The van der Waals surface area contributed by atoms with Gasteiger partial charge in [-0.2, -0.15) is 4.98 Å². The van der Waals surface area contributed by atoms with Gasteiger partial charge in [0.05, 0.1) is 6.04 Å². The molecule has 1 fully saturated rings.